The number of benzene rings is 2. The summed E-state index contributed by atoms with van der Waals surface area (Å²) >= 11 is 0. The van der Waals surface area contributed by atoms with Gasteiger partial charge in [-0.2, -0.15) is 0 Å². The topological polar surface area (TPSA) is 0 Å². The molecule has 2 aliphatic rings. The van der Waals surface area contributed by atoms with Crippen LogP contribution >= 0.6 is 7.92 Å². The molecule has 4 rings (SSSR count). The highest BCUT2D eigenvalue weighted by Gasteiger charge is 2.34. The molecular weight excluding hydrogens is 367 g/mol. The van der Waals surface area contributed by atoms with Crippen LogP contribution in [0.3, 0.4) is 0 Å². The molecule has 2 saturated carbocycles. The lowest BCUT2D eigenvalue weighted by atomic mass is 9.99. The third kappa shape index (κ3) is 5.40. The Hall–Kier alpha value is -1.39. The van der Waals surface area contributed by atoms with Crippen molar-refractivity contribution in [2.75, 3.05) is 0 Å². The fourth-order valence-electron chi connectivity index (χ4n) is 5.26. The second kappa shape index (κ2) is 10.1. The lowest BCUT2D eigenvalue weighted by molar-refractivity contribution is 0.487. The first-order valence-electron chi connectivity index (χ1n) is 11.8. The van der Waals surface area contributed by atoms with Gasteiger partial charge in [0.25, 0.3) is 0 Å². The zero-order valence-electron chi connectivity index (χ0n) is 18.4. The lowest BCUT2D eigenvalue weighted by Crippen LogP contribution is -2.21. The van der Waals surface area contributed by atoms with Gasteiger partial charge in [0.15, 0.2) is 0 Å². The van der Waals surface area contributed by atoms with Gasteiger partial charge in [0.2, 0.25) is 0 Å². The third-order valence-electron chi connectivity index (χ3n) is 6.94. The summed E-state index contributed by atoms with van der Waals surface area (Å²) in [7, 11) is -0.117. The monoisotopic (exact) mass is 404 g/mol. The molecule has 2 aliphatic carbocycles. The number of hydrogen-bond acceptors (Lipinski definition) is 0. The molecule has 0 saturated heterocycles. The van der Waals surface area contributed by atoms with Crippen LogP contribution in [0.4, 0.5) is 0 Å². The predicted molar refractivity (Wildman–Crippen MR) is 131 cm³/mol. The molecule has 0 atom stereocenters. The van der Waals surface area contributed by atoms with Crippen molar-refractivity contribution in [2.24, 2.45) is 0 Å². The van der Waals surface area contributed by atoms with Crippen LogP contribution in [0.5, 0.6) is 0 Å². The Labute approximate surface area is 179 Å². The first-order valence-corrected chi connectivity index (χ1v) is 13.3. The van der Waals surface area contributed by atoms with E-state index < -0.39 is 0 Å². The Kier molecular flexibility index (Phi) is 7.25. The average Bonchev–Trinajstić information content (AvgIpc) is 2.77. The number of hydrogen-bond donors (Lipinski definition) is 0. The summed E-state index contributed by atoms with van der Waals surface area (Å²) in [5.41, 5.74) is 7.44. The molecule has 2 aromatic rings. The fourth-order valence-corrected chi connectivity index (χ4v) is 9.23. The highest BCUT2D eigenvalue weighted by Crippen LogP contribution is 2.64. The summed E-state index contributed by atoms with van der Waals surface area (Å²) in [6, 6.07) is 18.6. The maximum atomic E-state index is 2.57. The van der Waals surface area contributed by atoms with Crippen molar-refractivity contribution in [1.29, 1.82) is 0 Å². The van der Waals surface area contributed by atoms with Crippen LogP contribution in [-0.4, -0.2) is 11.3 Å². The molecule has 0 bridgehead atoms. The molecule has 154 valence electrons. The molecular formula is C28H37P. The maximum Gasteiger partial charge on any atom is -0.0157 e. The highest BCUT2D eigenvalue weighted by molar-refractivity contribution is 7.70. The smallest absolute Gasteiger partial charge is 0.0157 e. The molecule has 0 N–H and O–H groups in total. The molecule has 0 heterocycles. The first kappa shape index (κ1) is 20.9. The van der Waals surface area contributed by atoms with Crippen LogP contribution in [0.1, 0.15) is 86.5 Å². The SMILES string of the molecule is Cc1ccc(C=C(c2ccc(C)cc2)P(C2CCCCC2)C2CCCCC2)cc1. The molecule has 0 nitrogen and oxygen atoms in total. The summed E-state index contributed by atoms with van der Waals surface area (Å²) in [6.45, 7) is 4.39. The van der Waals surface area contributed by atoms with Crippen molar-refractivity contribution in [2.45, 2.75) is 89.4 Å². The molecule has 0 amide bonds. The maximum absolute atomic E-state index is 2.57. The van der Waals surface area contributed by atoms with Crippen LogP contribution < -0.4 is 0 Å². The van der Waals surface area contributed by atoms with Crippen molar-refractivity contribution in [3.8, 4) is 0 Å². The van der Waals surface area contributed by atoms with Crippen molar-refractivity contribution in [3.05, 3.63) is 70.8 Å². The normalized spacial score (nSPS) is 19.6. The van der Waals surface area contributed by atoms with Gasteiger partial charge in [-0.15, -0.1) is 0 Å². The molecule has 0 spiro atoms. The van der Waals surface area contributed by atoms with Gasteiger partial charge in [-0.3, -0.25) is 0 Å². The van der Waals surface area contributed by atoms with Crippen LogP contribution in [0, 0.1) is 13.8 Å². The van der Waals surface area contributed by atoms with Gasteiger partial charge >= 0.3 is 0 Å². The van der Waals surface area contributed by atoms with E-state index in [4.69, 9.17) is 0 Å². The Bertz CT molecular complexity index is 769. The third-order valence-corrected chi connectivity index (χ3v) is 10.5. The van der Waals surface area contributed by atoms with Crippen molar-refractivity contribution < 1.29 is 0 Å². The highest BCUT2D eigenvalue weighted by atomic mass is 31.1. The van der Waals surface area contributed by atoms with Gasteiger partial charge in [-0.25, -0.2) is 0 Å². The minimum Gasteiger partial charge on any atom is -0.0683 e. The van der Waals surface area contributed by atoms with E-state index in [9.17, 15) is 0 Å². The van der Waals surface area contributed by atoms with E-state index >= 15 is 0 Å². The summed E-state index contributed by atoms with van der Waals surface area (Å²) in [5, 5.41) is 1.68. The predicted octanol–water partition coefficient (Wildman–Crippen LogP) is 8.95. The van der Waals surface area contributed by atoms with Gasteiger partial charge in [-0.1, -0.05) is 106 Å². The van der Waals surface area contributed by atoms with E-state index in [2.05, 4.69) is 68.5 Å². The molecule has 2 aromatic carbocycles. The number of aryl methyl sites for hydroxylation is 2. The van der Waals surface area contributed by atoms with Gasteiger partial charge in [0.1, 0.15) is 0 Å². The quantitative estimate of drug-likeness (QED) is 0.344. The Morgan fingerprint density at radius 1 is 0.655 bits per heavy atom. The molecule has 29 heavy (non-hydrogen) atoms. The molecule has 0 unspecified atom stereocenters. The minimum atomic E-state index is -0.117. The summed E-state index contributed by atoms with van der Waals surface area (Å²) in [4.78, 5) is 0. The zero-order valence-corrected chi connectivity index (χ0v) is 19.3. The Balaban J connectivity index is 1.77. The van der Waals surface area contributed by atoms with Crippen molar-refractivity contribution >= 4 is 19.3 Å². The molecule has 0 radical (unpaired) electrons. The second-order valence-corrected chi connectivity index (χ2v) is 12.1. The van der Waals surface area contributed by atoms with Gasteiger partial charge in [0, 0.05) is 0 Å². The largest absolute Gasteiger partial charge is 0.0683 e. The van der Waals surface area contributed by atoms with Gasteiger partial charge in [0.05, 0.1) is 0 Å². The van der Waals surface area contributed by atoms with Gasteiger partial charge < -0.3 is 0 Å². The lowest BCUT2D eigenvalue weighted by Gasteiger charge is -2.40. The van der Waals surface area contributed by atoms with E-state index in [-0.39, 0.29) is 7.92 Å². The molecule has 0 aliphatic heterocycles. The summed E-state index contributed by atoms with van der Waals surface area (Å²) < 4.78 is 0. The molecule has 2 fully saturated rings. The van der Waals surface area contributed by atoms with E-state index in [1.165, 1.54) is 86.5 Å². The summed E-state index contributed by atoms with van der Waals surface area (Å²) in [5.74, 6) is 0. The van der Waals surface area contributed by atoms with Crippen molar-refractivity contribution in [1.82, 2.24) is 0 Å². The van der Waals surface area contributed by atoms with Crippen LogP contribution in [0.15, 0.2) is 48.5 Å². The van der Waals surface area contributed by atoms with E-state index in [1.54, 1.807) is 5.31 Å². The molecule has 1 heteroatoms. The standard InChI is InChI=1S/C28H37P/c1-22-13-17-24(18-14-22)21-28(25-19-15-23(2)16-20-25)29(26-9-5-3-6-10-26)27-11-7-4-8-12-27/h13-21,26-27H,3-12H2,1-2H3. The van der Waals surface area contributed by atoms with E-state index in [0.717, 1.165) is 11.3 Å². The summed E-state index contributed by atoms with van der Waals surface area (Å²) in [6.07, 6.45) is 17.1. The van der Waals surface area contributed by atoms with Crippen LogP contribution in [-0.2, 0) is 0 Å². The van der Waals surface area contributed by atoms with E-state index in [1.807, 2.05) is 0 Å². The fraction of sp³-hybridized carbons (Fsp3) is 0.500. The van der Waals surface area contributed by atoms with Crippen LogP contribution in [0.2, 0.25) is 0 Å². The average molecular weight is 405 g/mol. The van der Waals surface area contributed by atoms with Crippen molar-refractivity contribution in [3.63, 3.8) is 0 Å². The number of rotatable bonds is 5. The van der Waals surface area contributed by atoms with Crippen LogP contribution in [0.25, 0.3) is 11.4 Å². The zero-order chi connectivity index (χ0) is 20.1. The minimum absolute atomic E-state index is 0.117. The second-order valence-electron chi connectivity index (χ2n) is 9.30. The first-order chi connectivity index (χ1) is 14.2. The Morgan fingerprint density at radius 3 is 1.59 bits per heavy atom. The molecule has 0 aromatic heterocycles. The van der Waals surface area contributed by atoms with E-state index in [0.29, 0.717) is 0 Å². The Morgan fingerprint density at radius 2 is 1.10 bits per heavy atom. The van der Waals surface area contributed by atoms with Gasteiger partial charge in [-0.05, 0) is 73.4 Å².